The highest BCUT2D eigenvalue weighted by molar-refractivity contribution is 5.97. The van der Waals surface area contributed by atoms with Crippen molar-refractivity contribution in [3.63, 3.8) is 0 Å². The molecular weight excluding hydrogens is 348 g/mol. The molecule has 0 unspecified atom stereocenters. The van der Waals surface area contributed by atoms with E-state index in [1.807, 2.05) is 31.2 Å². The summed E-state index contributed by atoms with van der Waals surface area (Å²) in [5, 5.41) is 0. The molecule has 4 bridgehead atoms. The SMILES string of the molecule is Cc1ccc(C(=O)CN2CCN(C(=O)C34CC5CC(CC(C5)C3)C4)CC2)cc1. The van der Waals surface area contributed by atoms with Gasteiger partial charge in [0.05, 0.1) is 12.0 Å². The van der Waals surface area contributed by atoms with Crippen LogP contribution >= 0.6 is 0 Å². The summed E-state index contributed by atoms with van der Waals surface area (Å²) in [6.45, 7) is 5.69. The van der Waals surface area contributed by atoms with E-state index in [0.717, 1.165) is 68.8 Å². The first kappa shape index (κ1) is 18.4. The molecule has 1 aliphatic heterocycles. The third-order valence-corrected chi connectivity index (χ3v) is 7.89. The van der Waals surface area contributed by atoms with Crippen LogP contribution in [0.3, 0.4) is 0 Å². The zero-order chi connectivity index (χ0) is 19.3. The van der Waals surface area contributed by atoms with Crippen molar-refractivity contribution in [2.45, 2.75) is 45.4 Å². The minimum Gasteiger partial charge on any atom is -0.340 e. The van der Waals surface area contributed by atoms with Crippen LogP contribution in [0.5, 0.6) is 0 Å². The highest BCUT2D eigenvalue weighted by Gasteiger charge is 2.55. The maximum atomic E-state index is 13.5. The van der Waals surface area contributed by atoms with Gasteiger partial charge in [0.1, 0.15) is 0 Å². The number of hydrogen-bond acceptors (Lipinski definition) is 3. The second-order valence-corrected chi connectivity index (χ2v) is 10.1. The number of aryl methyl sites for hydroxylation is 1. The Hall–Kier alpha value is -1.68. The fourth-order valence-corrected chi connectivity index (χ4v) is 6.85. The molecule has 0 atom stereocenters. The Balaban J connectivity index is 1.18. The molecular formula is C24H32N2O2. The number of Topliss-reactive ketones (excluding diaryl/α,β-unsaturated/α-hetero) is 1. The molecule has 4 heteroatoms. The van der Waals surface area contributed by atoms with Gasteiger partial charge in [0.2, 0.25) is 5.91 Å². The van der Waals surface area contributed by atoms with Crippen LogP contribution in [0.2, 0.25) is 0 Å². The molecule has 0 spiro atoms. The minimum absolute atomic E-state index is 0.0331. The predicted molar refractivity (Wildman–Crippen MR) is 109 cm³/mol. The van der Waals surface area contributed by atoms with E-state index in [4.69, 9.17) is 0 Å². The van der Waals surface area contributed by atoms with Gasteiger partial charge in [-0.25, -0.2) is 0 Å². The fourth-order valence-electron chi connectivity index (χ4n) is 6.85. The quantitative estimate of drug-likeness (QED) is 0.750. The van der Waals surface area contributed by atoms with E-state index in [1.165, 1.54) is 24.8 Å². The molecule has 5 aliphatic rings. The first-order valence-corrected chi connectivity index (χ1v) is 11.1. The second-order valence-electron chi connectivity index (χ2n) is 10.1. The first-order valence-electron chi connectivity index (χ1n) is 11.1. The van der Waals surface area contributed by atoms with Crippen molar-refractivity contribution in [1.29, 1.82) is 0 Å². The topological polar surface area (TPSA) is 40.6 Å². The van der Waals surface area contributed by atoms with Gasteiger partial charge in [-0.15, -0.1) is 0 Å². The van der Waals surface area contributed by atoms with Crippen LogP contribution in [0.4, 0.5) is 0 Å². The van der Waals surface area contributed by atoms with Gasteiger partial charge in [-0.3, -0.25) is 14.5 Å². The number of carbonyl (C=O) groups excluding carboxylic acids is 2. The van der Waals surface area contributed by atoms with Gasteiger partial charge in [-0.2, -0.15) is 0 Å². The Morgan fingerprint density at radius 3 is 1.96 bits per heavy atom. The molecule has 1 heterocycles. The number of ketones is 1. The molecule has 1 aromatic rings. The molecule has 0 N–H and O–H groups in total. The summed E-state index contributed by atoms with van der Waals surface area (Å²) in [6, 6.07) is 7.83. The number of nitrogens with zero attached hydrogens (tertiary/aromatic N) is 2. The number of hydrogen-bond donors (Lipinski definition) is 0. The van der Waals surface area contributed by atoms with E-state index in [2.05, 4.69) is 9.80 Å². The molecule has 4 nitrogen and oxygen atoms in total. The highest BCUT2D eigenvalue weighted by atomic mass is 16.2. The lowest BCUT2D eigenvalue weighted by molar-refractivity contribution is -0.159. The monoisotopic (exact) mass is 380 g/mol. The average molecular weight is 381 g/mol. The molecule has 5 fully saturated rings. The zero-order valence-corrected chi connectivity index (χ0v) is 17.0. The van der Waals surface area contributed by atoms with Crippen LogP contribution < -0.4 is 0 Å². The predicted octanol–water partition coefficient (Wildman–Crippen LogP) is 3.54. The lowest BCUT2D eigenvalue weighted by Gasteiger charge is -2.57. The molecule has 4 saturated carbocycles. The number of amides is 1. The number of carbonyl (C=O) groups is 2. The van der Waals surface area contributed by atoms with Gasteiger partial charge in [0.25, 0.3) is 0 Å². The smallest absolute Gasteiger partial charge is 0.228 e. The minimum atomic E-state index is -0.0331. The van der Waals surface area contributed by atoms with Crippen molar-refractivity contribution in [2.75, 3.05) is 32.7 Å². The van der Waals surface area contributed by atoms with Gasteiger partial charge in [0.15, 0.2) is 5.78 Å². The Bertz CT molecular complexity index is 726. The van der Waals surface area contributed by atoms with Gasteiger partial charge < -0.3 is 4.90 Å². The van der Waals surface area contributed by atoms with E-state index in [9.17, 15) is 9.59 Å². The zero-order valence-electron chi connectivity index (χ0n) is 17.0. The van der Waals surface area contributed by atoms with Crippen LogP contribution in [0.15, 0.2) is 24.3 Å². The number of rotatable bonds is 4. The largest absolute Gasteiger partial charge is 0.340 e. The van der Waals surface area contributed by atoms with E-state index < -0.39 is 0 Å². The molecule has 6 rings (SSSR count). The van der Waals surface area contributed by atoms with Crippen LogP contribution in [0, 0.1) is 30.1 Å². The second kappa shape index (κ2) is 6.98. The Morgan fingerprint density at radius 1 is 0.893 bits per heavy atom. The standard InChI is InChI=1S/C24H32N2O2/c1-17-2-4-21(5-3-17)22(27)16-25-6-8-26(9-7-25)23(28)24-13-18-10-19(14-24)12-20(11-18)15-24/h2-5,18-20H,6-16H2,1H3. The lowest BCUT2D eigenvalue weighted by atomic mass is 9.49. The summed E-state index contributed by atoms with van der Waals surface area (Å²) in [6.07, 6.45) is 7.56. The highest BCUT2D eigenvalue weighted by Crippen LogP contribution is 2.60. The maximum absolute atomic E-state index is 13.5. The van der Waals surface area contributed by atoms with E-state index >= 15 is 0 Å². The third-order valence-electron chi connectivity index (χ3n) is 7.89. The third kappa shape index (κ3) is 3.30. The van der Waals surface area contributed by atoms with E-state index in [1.54, 1.807) is 0 Å². The van der Waals surface area contributed by atoms with Gasteiger partial charge in [-0.1, -0.05) is 29.8 Å². The molecule has 0 aromatic heterocycles. The molecule has 0 radical (unpaired) electrons. The van der Waals surface area contributed by atoms with Crippen molar-refractivity contribution in [2.24, 2.45) is 23.2 Å². The van der Waals surface area contributed by atoms with E-state index in [0.29, 0.717) is 12.5 Å². The first-order chi connectivity index (χ1) is 13.5. The van der Waals surface area contributed by atoms with E-state index in [-0.39, 0.29) is 11.2 Å². The van der Waals surface area contributed by atoms with Gasteiger partial charge in [0, 0.05) is 31.7 Å². The Kier molecular flexibility index (Phi) is 4.58. The van der Waals surface area contributed by atoms with Crippen LogP contribution in [0.1, 0.15) is 54.4 Å². The van der Waals surface area contributed by atoms with Crippen LogP contribution in [-0.2, 0) is 4.79 Å². The summed E-state index contributed by atoms with van der Waals surface area (Å²) in [4.78, 5) is 30.4. The fraction of sp³-hybridized carbons (Fsp3) is 0.667. The summed E-state index contributed by atoms with van der Waals surface area (Å²) in [5.74, 6) is 3.05. The summed E-state index contributed by atoms with van der Waals surface area (Å²) in [7, 11) is 0. The van der Waals surface area contributed by atoms with Gasteiger partial charge >= 0.3 is 0 Å². The van der Waals surface area contributed by atoms with Crippen molar-refractivity contribution < 1.29 is 9.59 Å². The van der Waals surface area contributed by atoms with Crippen molar-refractivity contribution in [3.8, 4) is 0 Å². The molecule has 1 aromatic carbocycles. The van der Waals surface area contributed by atoms with Crippen molar-refractivity contribution in [3.05, 3.63) is 35.4 Å². The van der Waals surface area contributed by atoms with Gasteiger partial charge in [-0.05, 0) is 63.2 Å². The number of piperazine rings is 1. The van der Waals surface area contributed by atoms with Crippen molar-refractivity contribution >= 4 is 11.7 Å². The molecule has 1 amide bonds. The summed E-state index contributed by atoms with van der Waals surface area (Å²) >= 11 is 0. The normalized spacial score (nSPS) is 34.6. The molecule has 28 heavy (non-hydrogen) atoms. The maximum Gasteiger partial charge on any atom is 0.228 e. The van der Waals surface area contributed by atoms with Crippen LogP contribution in [0.25, 0.3) is 0 Å². The Morgan fingerprint density at radius 2 is 1.43 bits per heavy atom. The summed E-state index contributed by atoms with van der Waals surface area (Å²) in [5.41, 5.74) is 1.93. The molecule has 150 valence electrons. The molecule has 4 aliphatic carbocycles. The van der Waals surface area contributed by atoms with Crippen molar-refractivity contribution in [1.82, 2.24) is 9.80 Å². The summed E-state index contributed by atoms with van der Waals surface area (Å²) < 4.78 is 0. The Labute approximate surface area is 168 Å². The lowest BCUT2D eigenvalue weighted by Crippen LogP contribution is -2.58. The average Bonchev–Trinajstić information content (AvgIpc) is 2.67. The van der Waals surface area contributed by atoms with Crippen LogP contribution in [-0.4, -0.2) is 54.2 Å². The molecule has 1 saturated heterocycles. The number of benzene rings is 1.